The zero-order valence-electron chi connectivity index (χ0n) is 28.5. The van der Waals surface area contributed by atoms with Gasteiger partial charge in [0.25, 0.3) is 0 Å². The summed E-state index contributed by atoms with van der Waals surface area (Å²) in [5.41, 5.74) is 2.55. The lowest BCUT2D eigenvalue weighted by molar-refractivity contribution is -0.117. The lowest BCUT2D eigenvalue weighted by Gasteiger charge is -2.28. The van der Waals surface area contributed by atoms with Gasteiger partial charge in [-0.3, -0.25) is 14.4 Å². The van der Waals surface area contributed by atoms with Crippen LogP contribution >= 0.6 is 11.8 Å². The second-order valence-corrected chi connectivity index (χ2v) is 14.0. The molecule has 5 aromatic rings. The highest BCUT2D eigenvalue weighted by Gasteiger charge is 2.38. The Morgan fingerprint density at radius 3 is 2.22 bits per heavy atom. The SMILES string of the molecule is CCNc1c(NC2CCCC2)c2c(=O)c(SCCO)c(OC)c3c4c(OC)cc(=O)c5c(O)c(OC)c6c(c(c1C=C(C)C6C(C)=O)c23)c54. The predicted octanol–water partition coefficient (Wildman–Crippen LogP) is 6.59. The van der Waals surface area contributed by atoms with Gasteiger partial charge in [-0.25, -0.2) is 0 Å². The van der Waals surface area contributed by atoms with E-state index in [-0.39, 0.29) is 58.0 Å². The van der Waals surface area contributed by atoms with Crippen LogP contribution in [0.2, 0.25) is 0 Å². The number of rotatable bonds is 11. The number of aliphatic hydroxyl groups excluding tert-OH is 1. The van der Waals surface area contributed by atoms with Gasteiger partial charge in [0.1, 0.15) is 17.3 Å². The zero-order chi connectivity index (χ0) is 34.9. The molecule has 5 aromatic carbocycles. The molecule has 1 unspecified atom stereocenters. The van der Waals surface area contributed by atoms with Crippen molar-refractivity contribution in [3.8, 4) is 23.0 Å². The number of carbonyl (C=O) groups is 1. The number of ketones is 1. The first-order valence-electron chi connectivity index (χ1n) is 16.7. The molecule has 0 heterocycles. The minimum absolute atomic E-state index is 0.0222. The van der Waals surface area contributed by atoms with E-state index in [4.69, 9.17) is 14.2 Å². The molecule has 11 heteroatoms. The maximum atomic E-state index is 15.0. The van der Waals surface area contributed by atoms with Gasteiger partial charge in [-0.1, -0.05) is 24.5 Å². The van der Waals surface area contributed by atoms with Gasteiger partial charge >= 0.3 is 0 Å². The van der Waals surface area contributed by atoms with E-state index < -0.39 is 11.3 Å². The van der Waals surface area contributed by atoms with E-state index in [0.717, 1.165) is 36.8 Å². The molecule has 49 heavy (non-hydrogen) atoms. The summed E-state index contributed by atoms with van der Waals surface area (Å²) in [5, 5.41) is 32.8. The lowest BCUT2D eigenvalue weighted by atomic mass is 9.80. The number of methoxy groups -OCH3 is 3. The van der Waals surface area contributed by atoms with Crippen LogP contribution in [0.15, 0.2) is 26.1 Å². The van der Waals surface area contributed by atoms with E-state index in [0.29, 0.717) is 66.1 Å². The first kappa shape index (κ1) is 33.0. The molecule has 256 valence electrons. The molecular weight excluding hydrogens is 644 g/mol. The Bertz CT molecular complexity index is 2330. The largest absolute Gasteiger partial charge is 0.504 e. The van der Waals surface area contributed by atoms with Gasteiger partial charge in [0.05, 0.1) is 60.9 Å². The van der Waals surface area contributed by atoms with Crippen LogP contribution < -0.4 is 35.7 Å². The molecule has 2 aliphatic carbocycles. The second-order valence-electron chi connectivity index (χ2n) is 12.9. The molecule has 1 fully saturated rings. The van der Waals surface area contributed by atoms with Crippen molar-refractivity contribution in [2.75, 3.05) is 50.9 Å². The summed E-state index contributed by atoms with van der Waals surface area (Å²) in [6.45, 7) is 5.76. The fourth-order valence-electron chi connectivity index (χ4n) is 8.41. The third-order valence-electron chi connectivity index (χ3n) is 10.2. The van der Waals surface area contributed by atoms with E-state index in [1.165, 1.54) is 46.1 Å². The Labute approximate surface area is 287 Å². The molecule has 0 radical (unpaired) electrons. The quantitative estimate of drug-likeness (QED) is 0.0680. The van der Waals surface area contributed by atoms with Crippen molar-refractivity contribution in [3.05, 3.63) is 43.2 Å². The second kappa shape index (κ2) is 12.4. The number of phenolic OH excluding ortho intramolecular Hbond substituents is 1. The summed E-state index contributed by atoms with van der Waals surface area (Å²) in [4.78, 5) is 43.0. The summed E-state index contributed by atoms with van der Waals surface area (Å²) in [5.74, 6) is -0.552. The first-order chi connectivity index (χ1) is 23.6. The number of ether oxygens (including phenoxy) is 3. The first-order valence-corrected chi connectivity index (χ1v) is 17.7. The monoisotopic (exact) mass is 684 g/mol. The van der Waals surface area contributed by atoms with E-state index in [1.807, 2.05) is 19.9 Å². The molecule has 7 rings (SSSR count). The molecule has 0 aliphatic heterocycles. The normalized spacial score (nSPS) is 16.2. The summed E-state index contributed by atoms with van der Waals surface area (Å²) >= 11 is 1.21. The molecule has 0 bridgehead atoms. The Balaban J connectivity index is 1.93. The van der Waals surface area contributed by atoms with Crippen LogP contribution in [0.5, 0.6) is 23.0 Å². The van der Waals surface area contributed by atoms with E-state index in [1.54, 1.807) is 0 Å². The molecule has 0 saturated heterocycles. The van der Waals surface area contributed by atoms with Crippen molar-refractivity contribution < 1.29 is 29.2 Å². The van der Waals surface area contributed by atoms with E-state index in [9.17, 15) is 19.8 Å². The van der Waals surface area contributed by atoms with Gasteiger partial charge in [-0.2, -0.15) is 0 Å². The Morgan fingerprint density at radius 1 is 0.918 bits per heavy atom. The fraction of sp³-hybridized carbons (Fsp3) is 0.395. The number of hydrogen-bond acceptors (Lipinski definition) is 11. The average molecular weight is 685 g/mol. The molecule has 1 saturated carbocycles. The van der Waals surface area contributed by atoms with Crippen molar-refractivity contribution in [3.63, 3.8) is 0 Å². The Morgan fingerprint density at radius 2 is 1.61 bits per heavy atom. The van der Waals surface area contributed by atoms with Gasteiger partial charge < -0.3 is 35.1 Å². The predicted molar refractivity (Wildman–Crippen MR) is 198 cm³/mol. The molecule has 1 atom stereocenters. The van der Waals surface area contributed by atoms with Crippen LogP contribution in [0.3, 0.4) is 0 Å². The number of anilines is 2. The number of aromatic hydroxyl groups is 1. The van der Waals surface area contributed by atoms with Crippen molar-refractivity contribution in [2.45, 2.75) is 63.3 Å². The molecule has 2 aliphatic rings. The number of hydrogen-bond donors (Lipinski definition) is 4. The van der Waals surface area contributed by atoms with Crippen molar-refractivity contribution in [1.29, 1.82) is 0 Å². The highest BCUT2D eigenvalue weighted by molar-refractivity contribution is 7.99. The Kier molecular flexibility index (Phi) is 8.39. The maximum absolute atomic E-state index is 15.0. The highest BCUT2D eigenvalue weighted by Crippen LogP contribution is 2.59. The summed E-state index contributed by atoms with van der Waals surface area (Å²) in [7, 11) is 4.38. The molecule has 0 aromatic heterocycles. The highest BCUT2D eigenvalue weighted by atomic mass is 32.2. The number of fused-ring (bicyclic) bond motifs is 1. The zero-order valence-corrected chi connectivity index (χ0v) is 29.3. The molecule has 0 amide bonds. The number of phenols is 1. The standard InChI is InChI=1S/C38H40N2O8S/c1-7-39-32-19-14-16(2)22(17(3)42)29-26-23(19)27-30(25-21(46-4)15-20(43)24(28(25)26)34(44)36(29)47-5)37(48-6)38(49-13-12-41)35(45)31(27)33(32)40-18-10-8-9-11-18/h14-15,18,22,39-41,44H,7-13H2,1-6H3. The van der Waals surface area contributed by atoms with Crippen LogP contribution in [0.4, 0.5) is 11.4 Å². The Hall–Kier alpha value is -4.48. The van der Waals surface area contributed by atoms with Gasteiger partial charge in [-0.05, 0) is 39.0 Å². The summed E-state index contributed by atoms with van der Waals surface area (Å²) in [6.07, 6.45) is 6.05. The molecule has 0 spiro atoms. The third kappa shape index (κ3) is 4.61. The maximum Gasteiger partial charge on any atom is 0.205 e. The van der Waals surface area contributed by atoms with E-state index in [2.05, 4.69) is 10.6 Å². The summed E-state index contributed by atoms with van der Waals surface area (Å²) < 4.78 is 17.9. The average Bonchev–Trinajstić information content (AvgIpc) is 3.54. The van der Waals surface area contributed by atoms with Crippen molar-refractivity contribution in [1.82, 2.24) is 0 Å². The minimum atomic E-state index is -0.827. The van der Waals surface area contributed by atoms with Crippen LogP contribution in [-0.4, -0.2) is 62.3 Å². The van der Waals surface area contributed by atoms with Crippen LogP contribution in [0.25, 0.3) is 49.2 Å². The molecular formula is C38H40N2O8S. The van der Waals surface area contributed by atoms with Crippen LogP contribution in [0.1, 0.15) is 63.5 Å². The number of thioether (sulfide) groups is 1. The number of nitrogens with one attached hydrogen (secondary N) is 2. The number of aliphatic hydroxyl groups is 1. The topological polar surface area (TPSA) is 143 Å². The van der Waals surface area contributed by atoms with E-state index >= 15 is 4.79 Å². The van der Waals surface area contributed by atoms with Gasteiger partial charge in [0, 0.05) is 62.5 Å². The number of Topliss-reactive ketones (excluding diaryl/α,β-unsaturated/α-hetero) is 1. The minimum Gasteiger partial charge on any atom is -0.504 e. The van der Waals surface area contributed by atoms with Crippen LogP contribution in [0, 0.1) is 0 Å². The summed E-state index contributed by atoms with van der Waals surface area (Å²) in [6, 6.07) is 1.47. The van der Waals surface area contributed by atoms with Crippen LogP contribution in [-0.2, 0) is 4.79 Å². The smallest absolute Gasteiger partial charge is 0.205 e. The van der Waals surface area contributed by atoms with Gasteiger partial charge in [-0.15, -0.1) is 11.8 Å². The number of allylic oxidation sites excluding steroid dienone is 1. The number of carbonyl (C=O) groups excluding carboxylic acids is 1. The van der Waals surface area contributed by atoms with Crippen molar-refractivity contribution in [2.24, 2.45) is 0 Å². The van der Waals surface area contributed by atoms with Gasteiger partial charge in [0.15, 0.2) is 16.9 Å². The van der Waals surface area contributed by atoms with Crippen molar-refractivity contribution >= 4 is 78.1 Å². The fourth-order valence-corrected chi connectivity index (χ4v) is 9.25. The molecule has 4 N–H and O–H groups in total. The lowest BCUT2D eigenvalue weighted by Crippen LogP contribution is -2.20. The van der Waals surface area contributed by atoms with Gasteiger partial charge in [0.2, 0.25) is 5.43 Å². The third-order valence-corrected chi connectivity index (χ3v) is 11.2. The molecule has 10 nitrogen and oxygen atoms in total. The number of benzene rings is 5.